The highest BCUT2D eigenvalue weighted by Gasteiger charge is 2.17. The summed E-state index contributed by atoms with van der Waals surface area (Å²) in [5.74, 6) is -0.153. The van der Waals surface area contributed by atoms with E-state index >= 15 is 0 Å². The maximum atomic E-state index is 13.2. The minimum Gasteiger partial charge on any atom is -0.379 e. The largest absolute Gasteiger partial charge is 0.379 e. The molecule has 32 heavy (non-hydrogen) atoms. The monoisotopic (exact) mass is 447 g/mol. The van der Waals surface area contributed by atoms with Crippen molar-refractivity contribution in [1.82, 2.24) is 19.7 Å². The van der Waals surface area contributed by atoms with E-state index in [-0.39, 0.29) is 5.91 Å². The number of pyridine rings is 1. The van der Waals surface area contributed by atoms with Crippen molar-refractivity contribution >= 4 is 34.0 Å². The Morgan fingerprint density at radius 1 is 1.16 bits per heavy atom. The molecule has 0 spiro atoms. The summed E-state index contributed by atoms with van der Waals surface area (Å²) in [6, 6.07) is 14.0. The fourth-order valence-corrected chi connectivity index (χ4v) is 4.68. The number of nitrogens with zero attached hydrogens (tertiary/aromatic N) is 4. The molecule has 1 aromatic carbocycles. The maximum absolute atomic E-state index is 13.2. The Morgan fingerprint density at radius 3 is 2.84 bits per heavy atom. The Morgan fingerprint density at radius 2 is 2.03 bits per heavy atom. The number of ether oxygens (including phenoxy) is 1. The lowest BCUT2D eigenvalue weighted by molar-refractivity contribution is 0.0342. The van der Waals surface area contributed by atoms with E-state index in [4.69, 9.17) is 4.74 Å². The highest BCUT2D eigenvalue weighted by molar-refractivity contribution is 7.09. The summed E-state index contributed by atoms with van der Waals surface area (Å²) in [5.41, 5.74) is 4.06. The van der Waals surface area contributed by atoms with E-state index in [1.807, 2.05) is 47.3 Å². The second-order valence-electron chi connectivity index (χ2n) is 7.97. The molecule has 0 unspecified atom stereocenters. The van der Waals surface area contributed by atoms with Crippen molar-refractivity contribution in [3.05, 3.63) is 75.7 Å². The Balaban J connectivity index is 1.37. The number of thiophene rings is 1. The lowest BCUT2D eigenvalue weighted by Crippen LogP contribution is -2.35. The van der Waals surface area contributed by atoms with Gasteiger partial charge < -0.3 is 10.1 Å². The summed E-state index contributed by atoms with van der Waals surface area (Å²) >= 11 is 1.68. The first-order chi connectivity index (χ1) is 15.7. The number of morpholine rings is 1. The third kappa shape index (κ3) is 4.57. The van der Waals surface area contributed by atoms with Gasteiger partial charge in [-0.25, -0.2) is 9.67 Å². The smallest absolute Gasteiger partial charge is 0.256 e. The van der Waals surface area contributed by atoms with Crippen molar-refractivity contribution in [2.24, 2.45) is 0 Å². The summed E-state index contributed by atoms with van der Waals surface area (Å²) in [7, 11) is 0. The second kappa shape index (κ2) is 9.20. The topological polar surface area (TPSA) is 72.3 Å². The Hall–Kier alpha value is -3.07. The van der Waals surface area contributed by atoms with E-state index < -0.39 is 0 Å². The highest BCUT2D eigenvalue weighted by atomic mass is 32.1. The van der Waals surface area contributed by atoms with Gasteiger partial charge in [0.05, 0.1) is 36.9 Å². The first-order valence-corrected chi connectivity index (χ1v) is 11.6. The van der Waals surface area contributed by atoms with Gasteiger partial charge in [-0.1, -0.05) is 18.2 Å². The third-order valence-corrected chi connectivity index (χ3v) is 6.42. The van der Waals surface area contributed by atoms with E-state index in [9.17, 15) is 4.79 Å². The van der Waals surface area contributed by atoms with Crippen molar-refractivity contribution in [3.8, 4) is 0 Å². The summed E-state index contributed by atoms with van der Waals surface area (Å²) in [6.07, 6.45) is 1.74. The molecule has 7 nitrogen and oxygen atoms in total. The number of hydrogen-bond donors (Lipinski definition) is 1. The standard InChI is InChI=1S/C24H25N5O2S/c1-17-12-21(22-14-25-29(23(22)26-17)16-20-6-3-11-32-20)24(30)27-19-5-2-4-18(13-19)15-28-7-9-31-10-8-28/h2-6,11-14H,7-10,15-16H2,1H3,(H,27,30). The number of anilines is 1. The molecule has 3 aromatic heterocycles. The molecular formula is C24H25N5O2S. The fraction of sp³-hybridized carbons (Fsp3) is 0.292. The molecule has 1 N–H and O–H groups in total. The molecule has 164 valence electrons. The lowest BCUT2D eigenvalue weighted by Gasteiger charge is -2.26. The van der Waals surface area contributed by atoms with Crippen molar-refractivity contribution < 1.29 is 9.53 Å². The van der Waals surface area contributed by atoms with Gasteiger partial charge >= 0.3 is 0 Å². The van der Waals surface area contributed by atoms with Crippen LogP contribution in [0.1, 0.15) is 26.5 Å². The third-order valence-electron chi connectivity index (χ3n) is 5.56. The summed E-state index contributed by atoms with van der Waals surface area (Å²) in [5, 5.41) is 10.4. The quantitative estimate of drug-likeness (QED) is 0.485. The van der Waals surface area contributed by atoms with Crippen LogP contribution in [-0.2, 0) is 17.8 Å². The van der Waals surface area contributed by atoms with E-state index in [0.29, 0.717) is 12.1 Å². The van der Waals surface area contributed by atoms with Crippen molar-refractivity contribution in [3.63, 3.8) is 0 Å². The number of carbonyl (C=O) groups is 1. The van der Waals surface area contributed by atoms with E-state index in [1.54, 1.807) is 17.5 Å². The van der Waals surface area contributed by atoms with Crippen LogP contribution in [0.25, 0.3) is 11.0 Å². The fourth-order valence-electron chi connectivity index (χ4n) is 3.99. The summed E-state index contributed by atoms with van der Waals surface area (Å²) in [4.78, 5) is 21.4. The summed E-state index contributed by atoms with van der Waals surface area (Å²) in [6.45, 7) is 6.80. The van der Waals surface area contributed by atoms with Crippen molar-refractivity contribution in [1.29, 1.82) is 0 Å². The molecule has 0 radical (unpaired) electrons. The van der Waals surface area contributed by atoms with Crippen LogP contribution < -0.4 is 5.32 Å². The van der Waals surface area contributed by atoms with E-state index in [1.165, 1.54) is 10.4 Å². The SMILES string of the molecule is Cc1cc(C(=O)Nc2cccc(CN3CCOCC3)c2)c2cnn(Cc3cccs3)c2n1. The predicted molar refractivity (Wildman–Crippen MR) is 126 cm³/mol. The van der Waals surface area contributed by atoms with E-state index in [0.717, 1.165) is 55.3 Å². The molecule has 5 rings (SSSR count). The molecule has 0 aliphatic carbocycles. The van der Waals surface area contributed by atoms with Gasteiger partial charge in [-0.2, -0.15) is 5.10 Å². The van der Waals surface area contributed by atoms with Gasteiger partial charge in [-0.05, 0) is 42.1 Å². The number of fused-ring (bicyclic) bond motifs is 1. The van der Waals surface area contributed by atoms with Crippen LogP contribution in [0.15, 0.2) is 54.0 Å². The van der Waals surface area contributed by atoms with Crippen molar-refractivity contribution in [2.75, 3.05) is 31.6 Å². The minimum atomic E-state index is -0.153. The van der Waals surface area contributed by atoms with Crippen LogP contribution in [-0.4, -0.2) is 51.9 Å². The van der Waals surface area contributed by atoms with Crippen molar-refractivity contribution in [2.45, 2.75) is 20.0 Å². The molecule has 4 aromatic rings. The zero-order chi connectivity index (χ0) is 21.9. The van der Waals surface area contributed by atoms with Crippen LogP contribution in [0.5, 0.6) is 0 Å². The number of aromatic nitrogens is 3. The van der Waals surface area contributed by atoms with Gasteiger partial charge in [0.15, 0.2) is 5.65 Å². The molecule has 1 amide bonds. The maximum Gasteiger partial charge on any atom is 0.256 e. The van der Waals surface area contributed by atoms with Crippen LogP contribution >= 0.6 is 11.3 Å². The van der Waals surface area contributed by atoms with Gasteiger partial charge in [0.25, 0.3) is 5.91 Å². The number of rotatable bonds is 6. The normalized spacial score (nSPS) is 14.7. The molecule has 0 bridgehead atoms. The first-order valence-electron chi connectivity index (χ1n) is 10.7. The number of hydrogen-bond acceptors (Lipinski definition) is 6. The zero-order valence-electron chi connectivity index (χ0n) is 18.0. The number of nitrogens with one attached hydrogen (secondary N) is 1. The molecule has 1 fully saturated rings. The molecular weight excluding hydrogens is 422 g/mol. The van der Waals surface area contributed by atoms with Crippen LogP contribution in [0, 0.1) is 6.92 Å². The molecule has 1 saturated heterocycles. The molecule has 4 heterocycles. The Labute approximate surface area is 190 Å². The highest BCUT2D eigenvalue weighted by Crippen LogP contribution is 2.22. The van der Waals surface area contributed by atoms with Crippen LogP contribution in [0.4, 0.5) is 5.69 Å². The Bertz CT molecular complexity index is 1230. The van der Waals surface area contributed by atoms with Gasteiger partial charge in [-0.15, -0.1) is 11.3 Å². The number of carbonyl (C=O) groups excluding carboxylic acids is 1. The van der Waals surface area contributed by atoms with Crippen LogP contribution in [0.2, 0.25) is 0 Å². The number of benzene rings is 1. The van der Waals surface area contributed by atoms with Gasteiger partial charge in [-0.3, -0.25) is 9.69 Å². The number of amides is 1. The van der Waals surface area contributed by atoms with Crippen LogP contribution in [0.3, 0.4) is 0 Å². The molecule has 1 aliphatic rings. The molecule has 1 aliphatic heterocycles. The lowest BCUT2D eigenvalue weighted by atomic mass is 10.1. The molecule has 0 atom stereocenters. The minimum absolute atomic E-state index is 0.153. The first kappa shape index (κ1) is 20.8. The van der Waals surface area contributed by atoms with Gasteiger partial charge in [0.1, 0.15) is 0 Å². The summed E-state index contributed by atoms with van der Waals surface area (Å²) < 4.78 is 7.28. The average Bonchev–Trinajstić information content (AvgIpc) is 3.45. The van der Waals surface area contributed by atoms with Gasteiger partial charge in [0.2, 0.25) is 0 Å². The predicted octanol–water partition coefficient (Wildman–Crippen LogP) is 3.93. The van der Waals surface area contributed by atoms with E-state index in [2.05, 4.69) is 32.4 Å². The molecule has 8 heteroatoms. The molecule has 0 saturated carbocycles. The average molecular weight is 448 g/mol. The number of aryl methyl sites for hydroxylation is 1. The second-order valence-corrected chi connectivity index (χ2v) is 9.01. The van der Waals surface area contributed by atoms with Gasteiger partial charge in [0, 0.05) is 35.9 Å². The Kier molecular flexibility index (Phi) is 5.98. The zero-order valence-corrected chi connectivity index (χ0v) is 18.8.